The maximum atomic E-state index is 12.3. The highest BCUT2D eigenvalue weighted by Crippen LogP contribution is 2.33. The highest BCUT2D eigenvalue weighted by molar-refractivity contribution is 5.98. The van der Waals surface area contributed by atoms with Crippen LogP contribution in [0.15, 0.2) is 12.1 Å². The van der Waals surface area contributed by atoms with Crippen LogP contribution in [0.1, 0.15) is 20.8 Å². The Bertz CT molecular complexity index is 574. The molecule has 0 aromatic carbocycles. The van der Waals surface area contributed by atoms with E-state index in [0.717, 1.165) is 13.1 Å². The van der Waals surface area contributed by atoms with E-state index >= 15 is 0 Å². The van der Waals surface area contributed by atoms with Crippen molar-refractivity contribution in [3.63, 3.8) is 0 Å². The van der Waals surface area contributed by atoms with Gasteiger partial charge in [-0.1, -0.05) is 13.8 Å². The lowest BCUT2D eigenvalue weighted by atomic mass is 10.2. The summed E-state index contributed by atoms with van der Waals surface area (Å²) in [5.74, 6) is 0.104. The molecule has 0 fully saturated rings. The Hall–Kier alpha value is -2.22. The molecule has 2 heterocycles. The van der Waals surface area contributed by atoms with Gasteiger partial charge in [0.1, 0.15) is 0 Å². The first-order valence-electron chi connectivity index (χ1n) is 7.33. The first-order chi connectivity index (χ1) is 10.5. The predicted octanol–water partition coefficient (Wildman–Crippen LogP) is 1.45. The van der Waals surface area contributed by atoms with Gasteiger partial charge in [0.25, 0.3) is 11.7 Å². The zero-order valence-corrected chi connectivity index (χ0v) is 13.0. The van der Waals surface area contributed by atoms with Gasteiger partial charge in [0.05, 0.1) is 0 Å². The molecule has 1 amide bonds. The van der Waals surface area contributed by atoms with Gasteiger partial charge in [-0.05, 0) is 36.0 Å². The molecule has 0 bridgehead atoms. The molecular weight excluding hydrogens is 288 g/mol. The molecule has 1 unspecified atom stereocenters. The van der Waals surface area contributed by atoms with Crippen molar-refractivity contribution < 1.29 is 14.5 Å². The van der Waals surface area contributed by atoms with Crippen LogP contribution >= 0.6 is 0 Å². The van der Waals surface area contributed by atoms with Crippen LogP contribution < -0.4 is 9.64 Å². The van der Waals surface area contributed by atoms with E-state index in [2.05, 4.69) is 9.88 Å². The van der Waals surface area contributed by atoms with E-state index < -0.39 is 11.0 Å². The van der Waals surface area contributed by atoms with E-state index in [4.69, 9.17) is 4.74 Å². The van der Waals surface area contributed by atoms with Crippen molar-refractivity contribution in [1.29, 1.82) is 0 Å². The quantitative estimate of drug-likeness (QED) is 0.583. The zero-order valence-electron chi connectivity index (χ0n) is 13.0. The third kappa shape index (κ3) is 3.16. The van der Waals surface area contributed by atoms with E-state index in [1.165, 1.54) is 17.0 Å². The Morgan fingerprint density at radius 3 is 2.68 bits per heavy atom. The second-order valence-electron chi connectivity index (χ2n) is 5.03. The van der Waals surface area contributed by atoms with Crippen molar-refractivity contribution in [3.05, 3.63) is 22.2 Å². The van der Waals surface area contributed by atoms with Crippen LogP contribution in [0.3, 0.4) is 0 Å². The zero-order chi connectivity index (χ0) is 16.3. The molecule has 1 atom stereocenters. The number of amides is 1. The van der Waals surface area contributed by atoms with Gasteiger partial charge in [-0.2, -0.15) is 0 Å². The average molecular weight is 308 g/mol. The summed E-state index contributed by atoms with van der Waals surface area (Å²) in [6, 6.07) is 2.78. The number of anilines is 1. The van der Waals surface area contributed by atoms with Gasteiger partial charge in [0.15, 0.2) is 11.9 Å². The van der Waals surface area contributed by atoms with Crippen LogP contribution in [0.5, 0.6) is 5.75 Å². The van der Waals surface area contributed by atoms with Crippen molar-refractivity contribution in [2.24, 2.45) is 0 Å². The summed E-state index contributed by atoms with van der Waals surface area (Å²) in [4.78, 5) is 30.3. The molecule has 8 heteroatoms. The molecule has 120 valence electrons. The van der Waals surface area contributed by atoms with E-state index in [1.54, 1.807) is 6.92 Å². The SMILES string of the molecule is CCN(CC)CCN1C(=O)C(C)Oc2ccc([N+](=O)[O-])nc21. The Morgan fingerprint density at radius 1 is 1.41 bits per heavy atom. The van der Waals surface area contributed by atoms with E-state index in [-0.39, 0.29) is 17.5 Å². The van der Waals surface area contributed by atoms with E-state index in [9.17, 15) is 14.9 Å². The lowest BCUT2D eigenvalue weighted by molar-refractivity contribution is -0.389. The summed E-state index contributed by atoms with van der Waals surface area (Å²) in [5, 5.41) is 10.9. The van der Waals surface area contributed by atoms with Crippen LogP contribution in [-0.2, 0) is 4.79 Å². The molecule has 1 aromatic heterocycles. The number of nitro groups is 1. The van der Waals surface area contributed by atoms with Crippen LogP contribution in [0.2, 0.25) is 0 Å². The van der Waals surface area contributed by atoms with Gasteiger partial charge in [-0.3, -0.25) is 9.69 Å². The normalized spacial score (nSPS) is 17.4. The van der Waals surface area contributed by atoms with E-state index in [1.807, 2.05) is 13.8 Å². The molecule has 2 rings (SSSR count). The molecule has 0 spiro atoms. The molecule has 0 radical (unpaired) electrons. The van der Waals surface area contributed by atoms with Gasteiger partial charge in [-0.15, -0.1) is 0 Å². The maximum absolute atomic E-state index is 12.3. The lowest BCUT2D eigenvalue weighted by Gasteiger charge is -2.31. The number of nitrogens with zero attached hydrogens (tertiary/aromatic N) is 4. The number of rotatable bonds is 6. The van der Waals surface area contributed by atoms with Crippen molar-refractivity contribution in [2.75, 3.05) is 31.1 Å². The van der Waals surface area contributed by atoms with Crippen LogP contribution in [0.4, 0.5) is 11.6 Å². The van der Waals surface area contributed by atoms with Gasteiger partial charge >= 0.3 is 5.82 Å². The molecule has 0 N–H and O–H groups in total. The predicted molar refractivity (Wildman–Crippen MR) is 81.1 cm³/mol. The largest absolute Gasteiger partial charge is 0.475 e. The Labute approximate surface area is 128 Å². The summed E-state index contributed by atoms with van der Waals surface area (Å²) in [6.07, 6.45) is -0.618. The maximum Gasteiger partial charge on any atom is 0.366 e. The van der Waals surface area contributed by atoms with E-state index in [0.29, 0.717) is 18.8 Å². The molecule has 1 aliphatic heterocycles. The summed E-state index contributed by atoms with van der Waals surface area (Å²) in [6.45, 7) is 8.61. The van der Waals surface area contributed by atoms with Crippen molar-refractivity contribution in [1.82, 2.24) is 9.88 Å². The Balaban J connectivity index is 2.30. The van der Waals surface area contributed by atoms with Gasteiger partial charge in [0.2, 0.25) is 0 Å². The number of ether oxygens (including phenoxy) is 1. The minimum absolute atomic E-state index is 0.226. The number of hydrogen-bond acceptors (Lipinski definition) is 6. The number of carbonyl (C=O) groups excluding carboxylic acids is 1. The van der Waals surface area contributed by atoms with Gasteiger partial charge < -0.3 is 19.8 Å². The highest BCUT2D eigenvalue weighted by atomic mass is 16.6. The molecule has 0 saturated heterocycles. The van der Waals surface area contributed by atoms with Crippen LogP contribution in [-0.4, -0.2) is 53.0 Å². The fraction of sp³-hybridized carbons (Fsp3) is 0.571. The van der Waals surface area contributed by atoms with Crippen molar-refractivity contribution >= 4 is 17.5 Å². The third-order valence-electron chi connectivity index (χ3n) is 3.72. The minimum Gasteiger partial charge on any atom is -0.475 e. The van der Waals surface area contributed by atoms with Gasteiger partial charge in [-0.25, -0.2) is 0 Å². The fourth-order valence-corrected chi connectivity index (χ4v) is 2.37. The number of pyridine rings is 1. The topological polar surface area (TPSA) is 88.8 Å². The number of hydrogen-bond donors (Lipinski definition) is 0. The molecule has 0 saturated carbocycles. The summed E-state index contributed by atoms with van der Waals surface area (Å²) >= 11 is 0. The van der Waals surface area contributed by atoms with Crippen molar-refractivity contribution in [2.45, 2.75) is 26.9 Å². The highest BCUT2D eigenvalue weighted by Gasteiger charge is 2.36. The smallest absolute Gasteiger partial charge is 0.366 e. The number of likely N-dealkylation sites (N-methyl/N-ethyl adjacent to an activating group) is 1. The second kappa shape index (κ2) is 6.69. The molecule has 1 aliphatic rings. The van der Waals surface area contributed by atoms with Crippen LogP contribution in [0.25, 0.3) is 0 Å². The molecule has 22 heavy (non-hydrogen) atoms. The fourth-order valence-electron chi connectivity index (χ4n) is 2.37. The molecule has 8 nitrogen and oxygen atoms in total. The first-order valence-corrected chi connectivity index (χ1v) is 7.33. The molecule has 0 aliphatic carbocycles. The third-order valence-corrected chi connectivity index (χ3v) is 3.72. The number of aromatic nitrogens is 1. The lowest BCUT2D eigenvalue weighted by Crippen LogP contribution is -2.48. The Kier molecular flexibility index (Phi) is 4.92. The molecular formula is C14H20N4O4. The second-order valence-corrected chi connectivity index (χ2v) is 5.03. The summed E-state index contributed by atoms with van der Waals surface area (Å²) in [5.41, 5.74) is 0. The summed E-state index contributed by atoms with van der Waals surface area (Å²) < 4.78 is 5.48. The average Bonchev–Trinajstić information content (AvgIpc) is 2.51. The number of fused-ring (bicyclic) bond motifs is 1. The number of carbonyl (C=O) groups is 1. The van der Waals surface area contributed by atoms with Crippen molar-refractivity contribution in [3.8, 4) is 5.75 Å². The monoisotopic (exact) mass is 308 g/mol. The molecule has 1 aromatic rings. The summed E-state index contributed by atoms with van der Waals surface area (Å²) in [7, 11) is 0. The van der Waals surface area contributed by atoms with Crippen LogP contribution in [0, 0.1) is 10.1 Å². The first kappa shape index (κ1) is 16.2. The Morgan fingerprint density at radius 2 is 2.09 bits per heavy atom. The standard InChI is InChI=1S/C14H20N4O4/c1-4-16(5-2)8-9-17-13-11(22-10(3)14(17)19)6-7-12(15-13)18(20)21/h6-7,10H,4-5,8-9H2,1-3H3. The van der Waals surface area contributed by atoms with Gasteiger partial charge in [0, 0.05) is 19.2 Å². The minimum atomic E-state index is -0.618.